The number of benzene rings is 2. The molecule has 4 heteroatoms. The van der Waals surface area contributed by atoms with Crippen molar-refractivity contribution in [2.45, 2.75) is 25.4 Å². The van der Waals surface area contributed by atoms with E-state index in [2.05, 4.69) is 0 Å². The van der Waals surface area contributed by atoms with Crippen molar-refractivity contribution in [2.24, 2.45) is 0 Å². The second-order valence-corrected chi connectivity index (χ2v) is 5.69. The molecule has 0 amide bonds. The summed E-state index contributed by atoms with van der Waals surface area (Å²) in [7, 11) is 0. The zero-order valence-electron chi connectivity index (χ0n) is 13.3. The zero-order valence-corrected chi connectivity index (χ0v) is 13.3. The highest BCUT2D eigenvalue weighted by molar-refractivity contribution is 6.09. The SMILES string of the molecule is CCC(C1=C(O)C(=O)C(c2ccccc2)OC1=O)c1ccccc1. The number of aliphatic hydroxyl groups is 1. The van der Waals surface area contributed by atoms with Crippen molar-refractivity contribution in [3.8, 4) is 0 Å². The van der Waals surface area contributed by atoms with Gasteiger partial charge in [0.15, 0.2) is 11.9 Å². The maximum Gasteiger partial charge on any atom is 0.339 e. The molecule has 0 saturated heterocycles. The van der Waals surface area contributed by atoms with Gasteiger partial charge < -0.3 is 9.84 Å². The van der Waals surface area contributed by atoms with Crippen LogP contribution in [-0.4, -0.2) is 16.9 Å². The lowest BCUT2D eigenvalue weighted by molar-refractivity contribution is -0.155. The number of hydrogen-bond acceptors (Lipinski definition) is 4. The quantitative estimate of drug-likeness (QED) is 0.868. The summed E-state index contributed by atoms with van der Waals surface area (Å²) in [6, 6.07) is 18.0. The third-order valence-electron chi connectivity index (χ3n) is 4.23. The Kier molecular flexibility index (Phi) is 4.47. The summed E-state index contributed by atoms with van der Waals surface area (Å²) in [6.07, 6.45) is -0.516. The molecule has 0 fully saturated rings. The summed E-state index contributed by atoms with van der Waals surface area (Å²) in [5.41, 5.74) is 1.46. The monoisotopic (exact) mass is 322 g/mol. The van der Waals surface area contributed by atoms with Gasteiger partial charge in [-0.3, -0.25) is 4.79 Å². The van der Waals surface area contributed by atoms with Crippen LogP contribution in [0.3, 0.4) is 0 Å². The number of aliphatic hydroxyl groups excluding tert-OH is 1. The maximum atomic E-state index is 12.5. The van der Waals surface area contributed by atoms with Gasteiger partial charge in [-0.1, -0.05) is 67.6 Å². The van der Waals surface area contributed by atoms with Crippen molar-refractivity contribution in [3.63, 3.8) is 0 Å². The molecule has 122 valence electrons. The molecule has 1 N–H and O–H groups in total. The summed E-state index contributed by atoms with van der Waals surface area (Å²) in [5, 5.41) is 10.4. The van der Waals surface area contributed by atoms with Crippen LogP contribution in [0.1, 0.15) is 36.5 Å². The summed E-state index contributed by atoms with van der Waals surface area (Å²) < 4.78 is 5.37. The van der Waals surface area contributed by atoms with Gasteiger partial charge in [0.05, 0.1) is 5.57 Å². The van der Waals surface area contributed by atoms with E-state index in [4.69, 9.17) is 4.74 Å². The molecule has 2 unspecified atom stereocenters. The van der Waals surface area contributed by atoms with E-state index in [1.165, 1.54) is 0 Å². The number of ketones is 1. The molecule has 24 heavy (non-hydrogen) atoms. The third kappa shape index (κ3) is 2.83. The third-order valence-corrected chi connectivity index (χ3v) is 4.23. The van der Waals surface area contributed by atoms with E-state index in [1.54, 1.807) is 24.3 Å². The zero-order chi connectivity index (χ0) is 17.1. The fourth-order valence-electron chi connectivity index (χ4n) is 3.02. The van der Waals surface area contributed by atoms with Crippen molar-refractivity contribution < 1.29 is 19.4 Å². The second-order valence-electron chi connectivity index (χ2n) is 5.69. The lowest BCUT2D eigenvalue weighted by atomic mass is 9.85. The smallest absolute Gasteiger partial charge is 0.339 e. The van der Waals surface area contributed by atoms with Crippen LogP contribution in [0.4, 0.5) is 0 Å². The van der Waals surface area contributed by atoms with Crippen molar-refractivity contribution in [1.82, 2.24) is 0 Å². The van der Waals surface area contributed by atoms with E-state index in [9.17, 15) is 14.7 Å². The van der Waals surface area contributed by atoms with Crippen molar-refractivity contribution >= 4 is 11.8 Å². The molecule has 4 nitrogen and oxygen atoms in total. The van der Waals surface area contributed by atoms with Crippen LogP contribution in [-0.2, 0) is 14.3 Å². The average molecular weight is 322 g/mol. The lowest BCUT2D eigenvalue weighted by Gasteiger charge is -2.27. The number of carbonyl (C=O) groups excluding carboxylic acids is 2. The molecule has 1 aliphatic rings. The first kappa shape index (κ1) is 16.0. The first-order valence-corrected chi connectivity index (χ1v) is 7.91. The Bertz CT molecular complexity index is 778. The molecule has 2 atom stereocenters. The van der Waals surface area contributed by atoms with Gasteiger partial charge in [0, 0.05) is 11.5 Å². The Morgan fingerprint density at radius 3 is 2.17 bits per heavy atom. The maximum absolute atomic E-state index is 12.5. The number of cyclic esters (lactones) is 1. The van der Waals surface area contributed by atoms with E-state index < -0.39 is 23.6 Å². The molecule has 1 aliphatic heterocycles. The Balaban J connectivity index is 2.01. The molecule has 3 rings (SSSR count). The highest BCUT2D eigenvalue weighted by Gasteiger charge is 2.40. The Morgan fingerprint density at radius 2 is 1.58 bits per heavy atom. The van der Waals surface area contributed by atoms with Crippen LogP contribution in [0.2, 0.25) is 0 Å². The molecule has 0 aliphatic carbocycles. The number of esters is 1. The summed E-state index contributed by atoms with van der Waals surface area (Å²) in [5.74, 6) is -2.09. The van der Waals surface area contributed by atoms with E-state index in [0.717, 1.165) is 5.56 Å². The van der Waals surface area contributed by atoms with Gasteiger partial charge in [-0.2, -0.15) is 0 Å². The van der Waals surface area contributed by atoms with Gasteiger partial charge in [-0.15, -0.1) is 0 Å². The Morgan fingerprint density at radius 1 is 1.00 bits per heavy atom. The van der Waals surface area contributed by atoms with Crippen LogP contribution in [0.25, 0.3) is 0 Å². The second kappa shape index (κ2) is 6.71. The van der Waals surface area contributed by atoms with Gasteiger partial charge in [-0.05, 0) is 12.0 Å². The summed E-state index contributed by atoms with van der Waals surface area (Å²) in [4.78, 5) is 25.1. The lowest BCUT2D eigenvalue weighted by Crippen LogP contribution is -2.32. The fourth-order valence-corrected chi connectivity index (χ4v) is 3.02. The first-order valence-electron chi connectivity index (χ1n) is 7.91. The fraction of sp³-hybridized carbons (Fsp3) is 0.200. The average Bonchev–Trinajstić information content (AvgIpc) is 2.63. The molecule has 0 saturated carbocycles. The van der Waals surface area contributed by atoms with E-state index >= 15 is 0 Å². The summed E-state index contributed by atoms with van der Waals surface area (Å²) >= 11 is 0. The van der Waals surface area contributed by atoms with Gasteiger partial charge in [0.2, 0.25) is 5.78 Å². The van der Waals surface area contributed by atoms with Crippen LogP contribution in [0, 0.1) is 0 Å². The van der Waals surface area contributed by atoms with Crippen molar-refractivity contribution in [3.05, 3.63) is 83.1 Å². The normalized spacial score (nSPS) is 19.1. The number of Topliss-reactive ketones (excluding diaryl/α,β-unsaturated/α-hetero) is 1. The minimum absolute atomic E-state index is 0.0425. The van der Waals surface area contributed by atoms with Crippen molar-refractivity contribution in [2.75, 3.05) is 0 Å². The number of carbonyl (C=O) groups is 2. The van der Waals surface area contributed by atoms with E-state index in [1.807, 2.05) is 43.3 Å². The molecule has 2 aromatic rings. The molecule has 1 heterocycles. The first-order chi connectivity index (χ1) is 11.6. The van der Waals surface area contributed by atoms with E-state index in [0.29, 0.717) is 12.0 Å². The molecule has 0 radical (unpaired) electrons. The van der Waals surface area contributed by atoms with Crippen LogP contribution in [0.5, 0.6) is 0 Å². The number of ether oxygens (including phenoxy) is 1. The Hall–Kier alpha value is -2.88. The molecule has 0 aromatic heterocycles. The van der Waals surface area contributed by atoms with Gasteiger partial charge in [-0.25, -0.2) is 4.79 Å². The molecular formula is C20H18O4. The Labute approximate surface area is 140 Å². The molecule has 0 spiro atoms. The topological polar surface area (TPSA) is 63.6 Å². The highest BCUT2D eigenvalue weighted by atomic mass is 16.6. The molecule has 2 aromatic carbocycles. The number of hydrogen-bond donors (Lipinski definition) is 1. The van der Waals surface area contributed by atoms with Crippen LogP contribution >= 0.6 is 0 Å². The van der Waals surface area contributed by atoms with Crippen LogP contribution < -0.4 is 0 Å². The van der Waals surface area contributed by atoms with Crippen molar-refractivity contribution in [1.29, 1.82) is 0 Å². The largest absolute Gasteiger partial charge is 0.504 e. The highest BCUT2D eigenvalue weighted by Crippen LogP contribution is 2.37. The van der Waals surface area contributed by atoms with Gasteiger partial charge in [0.25, 0.3) is 0 Å². The minimum atomic E-state index is -1.09. The van der Waals surface area contributed by atoms with Gasteiger partial charge >= 0.3 is 5.97 Å². The predicted molar refractivity (Wildman–Crippen MR) is 89.4 cm³/mol. The predicted octanol–water partition coefficient (Wildman–Crippen LogP) is 3.86. The standard InChI is InChI=1S/C20H18O4/c1-2-15(13-9-5-3-6-10-13)16-17(21)18(22)19(24-20(16)23)14-11-7-4-8-12-14/h3-12,15,19,21H,2H2,1H3. The molecular weight excluding hydrogens is 304 g/mol. The van der Waals surface area contributed by atoms with E-state index in [-0.39, 0.29) is 11.5 Å². The number of rotatable bonds is 4. The summed E-state index contributed by atoms with van der Waals surface area (Å²) in [6.45, 7) is 1.90. The molecule has 0 bridgehead atoms. The van der Waals surface area contributed by atoms with Gasteiger partial charge in [0.1, 0.15) is 0 Å². The van der Waals surface area contributed by atoms with Crippen LogP contribution in [0.15, 0.2) is 72.0 Å². The minimum Gasteiger partial charge on any atom is -0.504 e.